The summed E-state index contributed by atoms with van der Waals surface area (Å²) in [7, 11) is 0. The van der Waals surface area contributed by atoms with Gasteiger partial charge in [-0.25, -0.2) is 4.39 Å². The highest BCUT2D eigenvalue weighted by molar-refractivity contribution is 8.00. The van der Waals surface area contributed by atoms with Crippen LogP contribution in [0.5, 0.6) is 0 Å². The van der Waals surface area contributed by atoms with Gasteiger partial charge in [-0.2, -0.15) is 13.2 Å². The van der Waals surface area contributed by atoms with Gasteiger partial charge in [-0.3, -0.25) is 0 Å². The Balaban J connectivity index is 1.92. The van der Waals surface area contributed by atoms with Crippen LogP contribution in [0.25, 0.3) is 0 Å². The van der Waals surface area contributed by atoms with Crippen molar-refractivity contribution in [2.75, 3.05) is 5.32 Å². The van der Waals surface area contributed by atoms with E-state index in [1.54, 1.807) is 24.3 Å². The van der Waals surface area contributed by atoms with Crippen molar-refractivity contribution in [1.82, 2.24) is 0 Å². The SMILES string of the molecule is Fc1ccc(CNc2ccc(SC(F)(F)F)cc2)cc1. The molecule has 0 atom stereocenters. The van der Waals surface area contributed by atoms with Gasteiger partial charge in [-0.15, -0.1) is 0 Å². The first-order chi connectivity index (χ1) is 9.42. The largest absolute Gasteiger partial charge is 0.446 e. The summed E-state index contributed by atoms with van der Waals surface area (Å²) < 4.78 is 49.2. The molecule has 0 aliphatic carbocycles. The number of anilines is 1. The number of rotatable bonds is 4. The number of benzene rings is 2. The fraction of sp³-hybridized carbons (Fsp3) is 0.143. The molecule has 0 aromatic heterocycles. The summed E-state index contributed by atoms with van der Waals surface area (Å²) >= 11 is -0.144. The van der Waals surface area contributed by atoms with E-state index in [2.05, 4.69) is 5.32 Å². The van der Waals surface area contributed by atoms with E-state index in [0.717, 1.165) is 5.56 Å². The van der Waals surface area contributed by atoms with Crippen molar-refractivity contribution in [3.63, 3.8) is 0 Å². The van der Waals surface area contributed by atoms with Gasteiger partial charge in [0.25, 0.3) is 0 Å². The lowest BCUT2D eigenvalue weighted by Gasteiger charge is -2.09. The molecule has 0 radical (unpaired) electrons. The van der Waals surface area contributed by atoms with Crippen molar-refractivity contribution in [3.05, 3.63) is 59.9 Å². The third kappa shape index (κ3) is 4.77. The first-order valence-corrected chi connectivity index (χ1v) is 6.58. The maximum absolute atomic E-state index is 12.7. The van der Waals surface area contributed by atoms with Crippen LogP contribution in [-0.2, 0) is 6.54 Å². The molecule has 0 saturated carbocycles. The van der Waals surface area contributed by atoms with Gasteiger partial charge in [-0.1, -0.05) is 12.1 Å². The summed E-state index contributed by atoms with van der Waals surface area (Å²) in [6.45, 7) is 0.478. The smallest absolute Gasteiger partial charge is 0.381 e. The Kier molecular flexibility index (Phi) is 4.54. The van der Waals surface area contributed by atoms with Crippen molar-refractivity contribution in [2.24, 2.45) is 0 Å². The molecule has 0 fully saturated rings. The van der Waals surface area contributed by atoms with E-state index in [-0.39, 0.29) is 22.5 Å². The van der Waals surface area contributed by atoms with Gasteiger partial charge in [-0.05, 0) is 53.7 Å². The first-order valence-electron chi connectivity index (χ1n) is 5.76. The van der Waals surface area contributed by atoms with Gasteiger partial charge in [0, 0.05) is 17.1 Å². The van der Waals surface area contributed by atoms with Crippen LogP contribution < -0.4 is 5.32 Å². The topological polar surface area (TPSA) is 12.0 Å². The van der Waals surface area contributed by atoms with Gasteiger partial charge in [0.15, 0.2) is 0 Å². The zero-order chi connectivity index (χ0) is 14.6. The molecule has 0 heterocycles. The Morgan fingerprint density at radius 1 is 0.900 bits per heavy atom. The zero-order valence-corrected chi connectivity index (χ0v) is 11.1. The number of halogens is 4. The quantitative estimate of drug-likeness (QED) is 0.626. The minimum absolute atomic E-state index is 0.143. The molecule has 0 saturated heterocycles. The van der Waals surface area contributed by atoms with Crippen LogP contribution in [0.15, 0.2) is 53.4 Å². The number of nitrogens with one attached hydrogen (secondary N) is 1. The summed E-state index contributed by atoms with van der Waals surface area (Å²) in [4.78, 5) is 0.143. The molecular formula is C14H11F4NS. The Morgan fingerprint density at radius 2 is 1.50 bits per heavy atom. The van der Waals surface area contributed by atoms with E-state index in [1.807, 2.05) is 0 Å². The van der Waals surface area contributed by atoms with Gasteiger partial charge in [0.2, 0.25) is 0 Å². The molecule has 0 amide bonds. The number of alkyl halides is 3. The number of hydrogen-bond acceptors (Lipinski definition) is 2. The lowest BCUT2D eigenvalue weighted by Crippen LogP contribution is -2.00. The second kappa shape index (κ2) is 6.17. The molecule has 2 aromatic rings. The minimum Gasteiger partial charge on any atom is -0.381 e. The standard InChI is InChI=1S/C14H11F4NS/c15-11-3-1-10(2-4-11)9-19-12-5-7-13(8-6-12)20-14(16,17)18/h1-8,19H,9H2. The van der Waals surface area contributed by atoms with Gasteiger partial charge >= 0.3 is 5.51 Å². The van der Waals surface area contributed by atoms with Crippen molar-refractivity contribution in [2.45, 2.75) is 16.9 Å². The van der Waals surface area contributed by atoms with E-state index in [1.165, 1.54) is 24.3 Å². The second-order valence-corrected chi connectivity index (χ2v) is 5.19. The minimum atomic E-state index is -4.27. The van der Waals surface area contributed by atoms with Crippen molar-refractivity contribution in [3.8, 4) is 0 Å². The van der Waals surface area contributed by atoms with Gasteiger partial charge in [0.1, 0.15) is 5.82 Å². The molecule has 0 spiro atoms. The fourth-order valence-electron chi connectivity index (χ4n) is 1.58. The summed E-state index contributed by atoms with van der Waals surface area (Å²) in [5.41, 5.74) is -2.68. The predicted molar refractivity (Wildman–Crippen MR) is 72.1 cm³/mol. The molecule has 20 heavy (non-hydrogen) atoms. The third-order valence-electron chi connectivity index (χ3n) is 2.50. The number of thioether (sulfide) groups is 1. The van der Waals surface area contributed by atoms with Gasteiger partial charge < -0.3 is 5.32 Å². The Hall–Kier alpha value is -1.69. The Bertz CT molecular complexity index is 549. The van der Waals surface area contributed by atoms with E-state index in [4.69, 9.17) is 0 Å². The fourth-order valence-corrected chi connectivity index (χ4v) is 2.12. The lowest BCUT2D eigenvalue weighted by molar-refractivity contribution is -0.0328. The first kappa shape index (κ1) is 14.7. The summed E-state index contributed by atoms with van der Waals surface area (Å²) in [5.74, 6) is -0.303. The second-order valence-electron chi connectivity index (χ2n) is 4.05. The van der Waals surface area contributed by atoms with Crippen LogP contribution in [0.2, 0.25) is 0 Å². The monoisotopic (exact) mass is 301 g/mol. The van der Waals surface area contributed by atoms with Crippen molar-refractivity contribution in [1.29, 1.82) is 0 Å². The van der Waals surface area contributed by atoms with Crippen LogP contribution in [0.4, 0.5) is 23.2 Å². The summed E-state index contributed by atoms with van der Waals surface area (Å²) in [5, 5.41) is 3.06. The molecule has 2 aromatic carbocycles. The maximum atomic E-state index is 12.7. The van der Waals surface area contributed by atoms with Crippen LogP contribution in [0.3, 0.4) is 0 Å². The highest BCUT2D eigenvalue weighted by Crippen LogP contribution is 2.37. The normalized spacial score (nSPS) is 11.4. The highest BCUT2D eigenvalue weighted by atomic mass is 32.2. The van der Waals surface area contributed by atoms with Crippen LogP contribution in [0.1, 0.15) is 5.56 Å². The predicted octanol–water partition coefficient (Wildman–Crippen LogP) is 5.05. The molecular weight excluding hydrogens is 290 g/mol. The van der Waals surface area contributed by atoms with E-state index < -0.39 is 5.51 Å². The zero-order valence-electron chi connectivity index (χ0n) is 10.2. The molecule has 106 valence electrons. The van der Waals surface area contributed by atoms with Crippen molar-refractivity contribution >= 4 is 17.4 Å². The lowest BCUT2D eigenvalue weighted by atomic mass is 10.2. The van der Waals surface area contributed by atoms with Crippen LogP contribution >= 0.6 is 11.8 Å². The summed E-state index contributed by atoms with van der Waals surface area (Å²) in [6.07, 6.45) is 0. The molecule has 1 N–H and O–H groups in total. The average molecular weight is 301 g/mol. The highest BCUT2D eigenvalue weighted by Gasteiger charge is 2.28. The maximum Gasteiger partial charge on any atom is 0.446 e. The van der Waals surface area contributed by atoms with Crippen LogP contribution in [-0.4, -0.2) is 5.51 Å². The Morgan fingerprint density at radius 3 is 2.05 bits per heavy atom. The van der Waals surface area contributed by atoms with Crippen molar-refractivity contribution < 1.29 is 17.6 Å². The van der Waals surface area contributed by atoms with Crippen LogP contribution in [0, 0.1) is 5.82 Å². The molecule has 0 aliphatic rings. The molecule has 0 aliphatic heterocycles. The Labute approximate surface area is 118 Å². The molecule has 1 nitrogen and oxygen atoms in total. The van der Waals surface area contributed by atoms with Gasteiger partial charge in [0.05, 0.1) is 0 Å². The molecule has 0 bridgehead atoms. The molecule has 6 heteroatoms. The number of hydrogen-bond donors (Lipinski definition) is 1. The summed E-state index contributed by atoms with van der Waals surface area (Å²) in [6, 6.07) is 12.0. The van der Waals surface area contributed by atoms with E-state index >= 15 is 0 Å². The van der Waals surface area contributed by atoms with E-state index in [0.29, 0.717) is 12.2 Å². The van der Waals surface area contributed by atoms with E-state index in [9.17, 15) is 17.6 Å². The average Bonchev–Trinajstić information content (AvgIpc) is 2.38. The third-order valence-corrected chi connectivity index (χ3v) is 3.24. The molecule has 0 unspecified atom stereocenters. The molecule has 2 rings (SSSR count).